The van der Waals surface area contributed by atoms with Gasteiger partial charge in [-0.25, -0.2) is 0 Å². The van der Waals surface area contributed by atoms with E-state index in [4.69, 9.17) is 16.3 Å². The molecule has 2 heterocycles. The molecule has 0 unspecified atom stereocenters. The fourth-order valence-corrected chi connectivity index (χ4v) is 4.37. The van der Waals surface area contributed by atoms with Crippen molar-refractivity contribution in [3.8, 4) is 5.69 Å². The van der Waals surface area contributed by atoms with Gasteiger partial charge < -0.3 is 15.4 Å². The second-order valence-electron chi connectivity index (χ2n) is 7.69. The average molecular weight is 501 g/mol. The van der Waals surface area contributed by atoms with Crippen molar-refractivity contribution in [1.29, 1.82) is 0 Å². The summed E-state index contributed by atoms with van der Waals surface area (Å²) in [6, 6.07) is 14.4. The molecule has 2 N–H and O–H groups in total. The van der Waals surface area contributed by atoms with Crippen LogP contribution < -0.4 is 10.6 Å². The van der Waals surface area contributed by atoms with E-state index >= 15 is 0 Å². The Kier molecular flexibility index (Phi) is 8.17. The van der Waals surface area contributed by atoms with E-state index in [-0.39, 0.29) is 17.6 Å². The van der Waals surface area contributed by atoms with E-state index in [1.165, 1.54) is 18.7 Å². The maximum absolute atomic E-state index is 12.6. The van der Waals surface area contributed by atoms with Crippen LogP contribution in [-0.4, -0.2) is 63.5 Å². The zero-order valence-corrected chi connectivity index (χ0v) is 20.2. The Hall–Kier alpha value is -2.92. The molecule has 0 radical (unpaired) electrons. The van der Waals surface area contributed by atoms with E-state index in [0.717, 1.165) is 24.6 Å². The molecule has 178 valence electrons. The summed E-state index contributed by atoms with van der Waals surface area (Å²) >= 11 is 7.39. The molecule has 2 amide bonds. The number of rotatable bonds is 8. The first-order chi connectivity index (χ1) is 16.5. The quantitative estimate of drug-likeness (QED) is 0.457. The highest BCUT2D eigenvalue weighted by Crippen LogP contribution is 2.25. The minimum absolute atomic E-state index is 0.147. The number of amides is 2. The van der Waals surface area contributed by atoms with Gasteiger partial charge in [0.1, 0.15) is 0 Å². The van der Waals surface area contributed by atoms with Crippen LogP contribution in [0, 0.1) is 0 Å². The van der Waals surface area contributed by atoms with E-state index in [2.05, 4.69) is 25.7 Å². The molecule has 1 aliphatic heterocycles. The number of hydrogen-bond acceptors (Lipinski definition) is 7. The Labute approximate surface area is 206 Å². The largest absolute Gasteiger partial charge is 0.379 e. The van der Waals surface area contributed by atoms with Crippen molar-refractivity contribution in [1.82, 2.24) is 19.7 Å². The molecular formula is C23H25ClN6O3S. The van der Waals surface area contributed by atoms with Crippen molar-refractivity contribution in [2.75, 3.05) is 42.7 Å². The lowest BCUT2D eigenvalue weighted by Gasteiger charge is -2.26. The van der Waals surface area contributed by atoms with Crippen LogP contribution in [0.4, 0.5) is 11.4 Å². The van der Waals surface area contributed by atoms with Crippen LogP contribution in [0.1, 0.15) is 12.7 Å². The van der Waals surface area contributed by atoms with Gasteiger partial charge in [-0.3, -0.25) is 19.1 Å². The number of nitrogens with zero attached hydrogens (tertiary/aromatic N) is 4. The first kappa shape index (κ1) is 24.2. The third kappa shape index (κ3) is 6.57. The van der Waals surface area contributed by atoms with Gasteiger partial charge in [-0.1, -0.05) is 23.4 Å². The summed E-state index contributed by atoms with van der Waals surface area (Å²) in [5.41, 5.74) is 2.20. The van der Waals surface area contributed by atoms with Crippen molar-refractivity contribution in [3.63, 3.8) is 0 Å². The Morgan fingerprint density at radius 1 is 1.00 bits per heavy atom. The smallest absolute Gasteiger partial charge is 0.234 e. The van der Waals surface area contributed by atoms with Gasteiger partial charge in [0.2, 0.25) is 11.8 Å². The lowest BCUT2D eigenvalue weighted by atomic mass is 10.3. The number of hydrogen-bond donors (Lipinski definition) is 2. The summed E-state index contributed by atoms with van der Waals surface area (Å²) in [5.74, 6) is 0.640. The summed E-state index contributed by atoms with van der Waals surface area (Å²) in [6.07, 6.45) is 0. The predicted octanol–water partition coefficient (Wildman–Crippen LogP) is 3.44. The summed E-state index contributed by atoms with van der Waals surface area (Å²) in [7, 11) is 0. The highest BCUT2D eigenvalue weighted by Gasteiger charge is 2.19. The molecule has 1 aromatic heterocycles. The summed E-state index contributed by atoms with van der Waals surface area (Å²) < 4.78 is 7.41. The molecule has 4 rings (SSSR count). The van der Waals surface area contributed by atoms with Gasteiger partial charge in [-0.05, 0) is 48.5 Å². The molecule has 9 nitrogen and oxygen atoms in total. The number of morpholine rings is 1. The lowest BCUT2D eigenvalue weighted by molar-refractivity contribution is -0.114. The molecule has 0 bridgehead atoms. The standard InChI is InChI=1S/C23H25ClN6O3S/c1-16(31)25-18-4-6-19(7-5-18)26-22(32)15-34-23-28-27-21(14-29-10-12-33-13-11-29)30(23)20-8-2-17(24)3-9-20/h2-9H,10-15H2,1H3,(H,25,31)(H,26,32). The van der Waals surface area contributed by atoms with Crippen molar-refractivity contribution in [2.24, 2.45) is 0 Å². The number of benzene rings is 2. The maximum Gasteiger partial charge on any atom is 0.234 e. The van der Waals surface area contributed by atoms with Gasteiger partial charge in [-0.2, -0.15) is 0 Å². The van der Waals surface area contributed by atoms with Gasteiger partial charge in [0, 0.05) is 42.1 Å². The third-order valence-corrected chi connectivity index (χ3v) is 6.26. The minimum atomic E-state index is -0.169. The molecule has 34 heavy (non-hydrogen) atoms. The van der Waals surface area contributed by atoms with Crippen LogP contribution in [0.5, 0.6) is 0 Å². The fraction of sp³-hybridized carbons (Fsp3) is 0.304. The highest BCUT2D eigenvalue weighted by atomic mass is 35.5. The Balaban J connectivity index is 1.44. The minimum Gasteiger partial charge on any atom is -0.379 e. The molecule has 1 fully saturated rings. The number of nitrogens with one attached hydrogen (secondary N) is 2. The molecule has 0 aliphatic carbocycles. The van der Waals surface area contributed by atoms with Crippen LogP contribution in [0.15, 0.2) is 53.7 Å². The Bertz CT molecular complexity index is 1130. The van der Waals surface area contributed by atoms with Gasteiger partial charge in [0.05, 0.1) is 25.5 Å². The second-order valence-corrected chi connectivity index (χ2v) is 9.07. The second kappa shape index (κ2) is 11.5. The maximum atomic E-state index is 12.6. The van der Waals surface area contributed by atoms with E-state index in [1.807, 2.05) is 28.8 Å². The van der Waals surface area contributed by atoms with Crippen molar-refractivity contribution in [2.45, 2.75) is 18.6 Å². The Morgan fingerprint density at radius 3 is 2.29 bits per heavy atom. The van der Waals surface area contributed by atoms with Crippen LogP contribution in [0.2, 0.25) is 5.02 Å². The lowest BCUT2D eigenvalue weighted by Crippen LogP contribution is -2.36. The van der Waals surface area contributed by atoms with Gasteiger partial charge in [0.15, 0.2) is 11.0 Å². The van der Waals surface area contributed by atoms with Gasteiger partial charge >= 0.3 is 0 Å². The fourth-order valence-electron chi connectivity index (χ4n) is 3.47. The van der Waals surface area contributed by atoms with Crippen molar-refractivity contribution < 1.29 is 14.3 Å². The molecule has 0 saturated carbocycles. The molecular weight excluding hydrogens is 476 g/mol. The molecule has 2 aromatic carbocycles. The Morgan fingerprint density at radius 2 is 1.65 bits per heavy atom. The monoisotopic (exact) mass is 500 g/mol. The third-order valence-electron chi connectivity index (χ3n) is 5.08. The summed E-state index contributed by atoms with van der Waals surface area (Å²) in [4.78, 5) is 26.0. The number of thioether (sulfide) groups is 1. The number of halogens is 1. The molecule has 0 atom stereocenters. The van der Waals surface area contributed by atoms with Crippen LogP contribution in [0.3, 0.4) is 0 Å². The predicted molar refractivity (Wildman–Crippen MR) is 133 cm³/mol. The molecule has 1 saturated heterocycles. The van der Waals surface area contributed by atoms with Crippen molar-refractivity contribution >= 4 is 46.6 Å². The van der Waals surface area contributed by atoms with E-state index in [1.54, 1.807) is 24.3 Å². The van der Waals surface area contributed by atoms with Crippen LogP contribution in [0.25, 0.3) is 5.69 Å². The molecule has 1 aliphatic rings. The molecule has 3 aromatic rings. The van der Waals surface area contributed by atoms with E-state index < -0.39 is 0 Å². The van der Waals surface area contributed by atoms with Gasteiger partial charge in [-0.15, -0.1) is 10.2 Å². The number of anilines is 2. The zero-order chi connectivity index (χ0) is 23.9. The summed E-state index contributed by atoms with van der Waals surface area (Å²) in [6.45, 7) is 5.14. The number of carbonyl (C=O) groups is 2. The van der Waals surface area contributed by atoms with E-state index in [0.29, 0.717) is 41.3 Å². The molecule has 11 heteroatoms. The van der Waals surface area contributed by atoms with Crippen molar-refractivity contribution in [3.05, 3.63) is 59.4 Å². The topological polar surface area (TPSA) is 101 Å². The van der Waals surface area contributed by atoms with Crippen LogP contribution in [-0.2, 0) is 20.9 Å². The highest BCUT2D eigenvalue weighted by molar-refractivity contribution is 7.99. The number of ether oxygens (including phenoxy) is 1. The number of aromatic nitrogens is 3. The van der Waals surface area contributed by atoms with E-state index in [9.17, 15) is 9.59 Å². The summed E-state index contributed by atoms with van der Waals surface area (Å²) in [5, 5.41) is 15.6. The van der Waals surface area contributed by atoms with Gasteiger partial charge in [0.25, 0.3) is 0 Å². The zero-order valence-electron chi connectivity index (χ0n) is 18.7. The molecule has 0 spiro atoms. The normalized spacial score (nSPS) is 14.1. The first-order valence-electron chi connectivity index (χ1n) is 10.8. The first-order valence-corrected chi connectivity index (χ1v) is 12.1. The number of carbonyl (C=O) groups excluding carboxylic acids is 2. The average Bonchev–Trinajstić information content (AvgIpc) is 3.22. The van der Waals surface area contributed by atoms with Crippen LogP contribution >= 0.6 is 23.4 Å². The SMILES string of the molecule is CC(=O)Nc1ccc(NC(=O)CSc2nnc(CN3CCOCC3)n2-c2ccc(Cl)cc2)cc1.